The van der Waals surface area contributed by atoms with Gasteiger partial charge in [0.05, 0.1) is 0 Å². The van der Waals surface area contributed by atoms with Crippen LogP contribution in [0.4, 0.5) is 0 Å². The fourth-order valence-electron chi connectivity index (χ4n) is 5.87. The van der Waals surface area contributed by atoms with Crippen molar-refractivity contribution in [2.45, 2.75) is 44.6 Å². The van der Waals surface area contributed by atoms with E-state index in [-0.39, 0.29) is 0 Å². The Morgan fingerprint density at radius 2 is 1.02 bits per heavy atom. The van der Waals surface area contributed by atoms with Crippen molar-refractivity contribution < 1.29 is 19.1 Å². The van der Waals surface area contributed by atoms with Gasteiger partial charge in [0, 0.05) is 57.9 Å². The summed E-state index contributed by atoms with van der Waals surface area (Å²) >= 11 is 3.44. The number of carbonyl (C=O) groups is 2. The standard InChI is InChI=1S/C38H38N2O4S2/c1-39-21-19-27-23-31(45-29-9-5-3-6-10-29)13-15-33(27)35(25-39)43-37(41)17-18-38(42)44-36-26-40(2)22-20-28-24-32(14-16-34(28)36)46-30-11-7-4-8-12-30/h3-18,23-24,35-36H,19-22,25-26H2,1-2H3/b18-17+. The van der Waals surface area contributed by atoms with Gasteiger partial charge in [0.25, 0.3) is 0 Å². The topological polar surface area (TPSA) is 59.1 Å². The maximum Gasteiger partial charge on any atom is 0.331 e. The lowest BCUT2D eigenvalue weighted by molar-refractivity contribution is -0.147. The molecule has 2 aliphatic rings. The van der Waals surface area contributed by atoms with Gasteiger partial charge in [0.15, 0.2) is 0 Å². The Hall–Kier alpha value is -3.82. The summed E-state index contributed by atoms with van der Waals surface area (Å²) in [6, 6.07) is 33.3. The Morgan fingerprint density at radius 1 is 0.609 bits per heavy atom. The molecule has 0 amide bonds. The molecule has 236 valence electrons. The smallest absolute Gasteiger partial charge is 0.331 e. The van der Waals surface area contributed by atoms with Gasteiger partial charge in [-0.25, -0.2) is 9.59 Å². The summed E-state index contributed by atoms with van der Waals surface area (Å²) in [6.45, 7) is 2.90. The minimum absolute atomic E-state index is 0.434. The van der Waals surface area contributed by atoms with Crippen molar-refractivity contribution >= 4 is 35.5 Å². The molecule has 2 heterocycles. The van der Waals surface area contributed by atoms with Gasteiger partial charge in [-0.2, -0.15) is 0 Å². The first-order valence-corrected chi connectivity index (χ1v) is 17.2. The summed E-state index contributed by atoms with van der Waals surface area (Å²) in [5, 5.41) is 0. The maximum absolute atomic E-state index is 13.0. The molecule has 0 saturated heterocycles. The molecule has 2 aliphatic heterocycles. The molecule has 8 heteroatoms. The van der Waals surface area contributed by atoms with E-state index in [1.54, 1.807) is 23.5 Å². The van der Waals surface area contributed by atoms with Gasteiger partial charge in [-0.05, 0) is 97.7 Å². The van der Waals surface area contributed by atoms with Gasteiger partial charge in [-0.15, -0.1) is 0 Å². The fraction of sp³-hybridized carbons (Fsp3) is 0.263. The Balaban J connectivity index is 1.10. The molecule has 4 aromatic carbocycles. The van der Waals surface area contributed by atoms with Crippen molar-refractivity contribution in [3.8, 4) is 0 Å². The first kappa shape index (κ1) is 32.1. The number of nitrogens with zero attached hydrogens (tertiary/aromatic N) is 2. The van der Waals surface area contributed by atoms with Crippen LogP contribution in [0.25, 0.3) is 0 Å². The molecule has 0 aliphatic carbocycles. The number of ether oxygens (including phenoxy) is 2. The molecule has 6 rings (SSSR count). The fourth-order valence-corrected chi connectivity index (χ4v) is 7.67. The van der Waals surface area contributed by atoms with Crippen molar-refractivity contribution in [1.82, 2.24) is 9.80 Å². The second-order valence-electron chi connectivity index (χ2n) is 11.8. The molecule has 0 saturated carbocycles. The lowest BCUT2D eigenvalue weighted by atomic mass is 10.0. The normalized spacial score (nSPS) is 18.7. The molecule has 0 N–H and O–H groups in total. The highest BCUT2D eigenvalue weighted by Gasteiger charge is 2.26. The third kappa shape index (κ3) is 8.50. The van der Waals surface area contributed by atoms with Gasteiger partial charge < -0.3 is 19.3 Å². The van der Waals surface area contributed by atoms with Crippen molar-refractivity contribution in [3.05, 3.63) is 131 Å². The van der Waals surface area contributed by atoms with Gasteiger partial charge >= 0.3 is 11.9 Å². The molecule has 0 bridgehead atoms. The van der Waals surface area contributed by atoms with Gasteiger partial charge in [0.1, 0.15) is 12.2 Å². The Bertz CT molecular complexity index is 1570. The van der Waals surface area contributed by atoms with E-state index in [1.165, 1.54) is 33.1 Å². The lowest BCUT2D eigenvalue weighted by Gasteiger charge is -2.22. The zero-order valence-corrected chi connectivity index (χ0v) is 27.8. The van der Waals surface area contributed by atoms with Crippen LogP contribution in [0.5, 0.6) is 0 Å². The molecular weight excluding hydrogens is 613 g/mol. The third-order valence-corrected chi connectivity index (χ3v) is 10.2. The number of hydrogen-bond acceptors (Lipinski definition) is 8. The lowest BCUT2D eigenvalue weighted by Crippen LogP contribution is -2.26. The van der Waals surface area contributed by atoms with Crippen LogP contribution < -0.4 is 0 Å². The summed E-state index contributed by atoms with van der Waals surface area (Å²) in [5.74, 6) is -1.13. The first-order chi connectivity index (χ1) is 22.4. The average molecular weight is 651 g/mol. The van der Waals surface area contributed by atoms with Crippen LogP contribution >= 0.6 is 23.5 Å². The molecular formula is C38H38N2O4S2. The monoisotopic (exact) mass is 650 g/mol. The van der Waals surface area contributed by atoms with Crippen LogP contribution in [0.1, 0.15) is 34.5 Å². The highest BCUT2D eigenvalue weighted by molar-refractivity contribution is 7.99. The predicted molar refractivity (Wildman–Crippen MR) is 183 cm³/mol. The quantitative estimate of drug-likeness (QED) is 0.145. The van der Waals surface area contributed by atoms with Crippen LogP contribution in [0.2, 0.25) is 0 Å². The Labute approximate surface area is 279 Å². The minimum atomic E-state index is -0.563. The number of likely N-dealkylation sites (N-methyl/N-ethyl adjacent to an activating group) is 2. The van der Waals surface area contributed by atoms with Gasteiger partial charge in [-0.3, -0.25) is 0 Å². The number of rotatable bonds is 8. The molecule has 0 radical (unpaired) electrons. The second kappa shape index (κ2) is 15.2. The summed E-state index contributed by atoms with van der Waals surface area (Å²) in [5.41, 5.74) is 4.36. The van der Waals surface area contributed by atoms with E-state index in [0.717, 1.165) is 46.8 Å². The second-order valence-corrected chi connectivity index (χ2v) is 14.1. The molecule has 2 atom stereocenters. The van der Waals surface area contributed by atoms with Gasteiger partial charge in [-0.1, -0.05) is 72.1 Å². The van der Waals surface area contributed by atoms with Crippen molar-refractivity contribution in [2.75, 3.05) is 40.3 Å². The predicted octanol–water partition coefficient (Wildman–Crippen LogP) is 7.39. The van der Waals surface area contributed by atoms with E-state index in [9.17, 15) is 9.59 Å². The first-order valence-electron chi connectivity index (χ1n) is 15.6. The van der Waals surface area contributed by atoms with E-state index in [4.69, 9.17) is 9.47 Å². The number of hydrogen-bond donors (Lipinski definition) is 0. The third-order valence-electron chi connectivity index (χ3n) is 8.23. The van der Waals surface area contributed by atoms with Crippen molar-refractivity contribution in [1.29, 1.82) is 0 Å². The molecule has 2 unspecified atom stereocenters. The minimum Gasteiger partial charge on any atom is -0.453 e. The van der Waals surface area contributed by atoms with Crippen LogP contribution in [0, 0.1) is 0 Å². The Morgan fingerprint density at radius 3 is 1.43 bits per heavy atom. The molecule has 0 spiro atoms. The number of fused-ring (bicyclic) bond motifs is 2. The van der Waals surface area contributed by atoms with Crippen LogP contribution in [-0.2, 0) is 31.9 Å². The molecule has 0 fully saturated rings. The highest BCUT2D eigenvalue weighted by Crippen LogP contribution is 2.35. The SMILES string of the molecule is CN1CCc2cc(Sc3ccccc3)ccc2C(OC(=O)/C=C/C(=O)OC2CN(C)CCc3cc(Sc4ccccc4)ccc32)C1. The van der Waals surface area contributed by atoms with Gasteiger partial charge in [0.2, 0.25) is 0 Å². The van der Waals surface area contributed by atoms with E-state index in [1.807, 2.05) is 50.5 Å². The molecule has 4 aromatic rings. The van der Waals surface area contributed by atoms with Crippen LogP contribution in [0.15, 0.2) is 129 Å². The van der Waals surface area contributed by atoms with Crippen molar-refractivity contribution in [3.63, 3.8) is 0 Å². The van der Waals surface area contributed by atoms with Crippen LogP contribution in [-0.4, -0.2) is 62.0 Å². The largest absolute Gasteiger partial charge is 0.453 e. The van der Waals surface area contributed by atoms with Crippen molar-refractivity contribution in [2.24, 2.45) is 0 Å². The number of esters is 2. The van der Waals surface area contributed by atoms with E-state index in [2.05, 4.69) is 70.5 Å². The van der Waals surface area contributed by atoms with E-state index < -0.39 is 24.1 Å². The van der Waals surface area contributed by atoms with E-state index >= 15 is 0 Å². The molecule has 6 nitrogen and oxygen atoms in total. The van der Waals surface area contributed by atoms with E-state index in [0.29, 0.717) is 13.1 Å². The summed E-state index contributed by atoms with van der Waals surface area (Å²) in [6.07, 6.45) is 3.25. The maximum atomic E-state index is 13.0. The van der Waals surface area contributed by atoms with Crippen LogP contribution in [0.3, 0.4) is 0 Å². The summed E-state index contributed by atoms with van der Waals surface area (Å²) < 4.78 is 11.9. The molecule has 46 heavy (non-hydrogen) atoms. The average Bonchev–Trinajstić information content (AvgIpc) is 3.31. The zero-order chi connectivity index (χ0) is 31.9. The number of carbonyl (C=O) groups excluding carboxylic acids is 2. The summed E-state index contributed by atoms with van der Waals surface area (Å²) in [4.78, 5) is 35.0. The zero-order valence-electron chi connectivity index (χ0n) is 26.1. The number of benzene rings is 4. The highest BCUT2D eigenvalue weighted by atomic mass is 32.2. The Kier molecular flexibility index (Phi) is 10.6. The summed E-state index contributed by atoms with van der Waals surface area (Å²) in [7, 11) is 4.06. The molecule has 0 aromatic heterocycles.